The van der Waals surface area contributed by atoms with Crippen molar-refractivity contribution < 1.29 is 18.0 Å². The maximum absolute atomic E-state index is 13.9. The lowest BCUT2D eigenvalue weighted by Crippen LogP contribution is -2.51. The molecule has 0 aliphatic rings. The number of carbonyl (C=O) groups excluding carboxylic acids is 2. The molecule has 0 saturated carbocycles. The third-order valence-electron chi connectivity index (χ3n) is 6.38. The lowest BCUT2D eigenvalue weighted by Gasteiger charge is -2.32. The number of carbonyl (C=O) groups is 2. The third kappa shape index (κ3) is 7.84. The van der Waals surface area contributed by atoms with Gasteiger partial charge in [-0.3, -0.25) is 13.9 Å². The van der Waals surface area contributed by atoms with E-state index in [4.69, 9.17) is 11.6 Å². The monoisotopic (exact) mass is 633 g/mol. The number of rotatable bonds is 12. The molecule has 10 heteroatoms. The third-order valence-corrected chi connectivity index (χ3v) is 9.09. The van der Waals surface area contributed by atoms with E-state index in [2.05, 4.69) is 21.2 Å². The van der Waals surface area contributed by atoms with E-state index in [-0.39, 0.29) is 17.3 Å². The molecule has 3 rings (SSSR count). The maximum Gasteiger partial charge on any atom is 0.264 e. The molecule has 0 heterocycles. The SMILES string of the molecule is CCCCNC(=O)[C@@H](C)N(Cc1ccc(Br)cc1)C(=O)CN(c1cccc(Cl)c1C)S(=O)(=O)c1ccccc1. The molecule has 1 atom stereocenters. The fourth-order valence-electron chi connectivity index (χ4n) is 4.00. The molecule has 7 nitrogen and oxygen atoms in total. The Balaban J connectivity index is 2.02. The highest BCUT2D eigenvalue weighted by atomic mass is 79.9. The van der Waals surface area contributed by atoms with E-state index in [0.29, 0.717) is 22.8 Å². The van der Waals surface area contributed by atoms with Gasteiger partial charge in [-0.1, -0.05) is 77.3 Å². The minimum absolute atomic E-state index is 0.0435. The fourth-order valence-corrected chi connectivity index (χ4v) is 5.93. The molecule has 0 spiro atoms. The molecular formula is C29H33BrClN3O4S. The van der Waals surface area contributed by atoms with E-state index in [1.54, 1.807) is 50.2 Å². The molecular weight excluding hydrogens is 602 g/mol. The minimum atomic E-state index is -4.14. The second kappa shape index (κ2) is 14.0. The standard InChI is InChI=1S/C29H33BrClN3O4S/c1-4-5-18-32-29(36)22(3)33(19-23-14-16-24(30)17-15-23)28(35)20-34(27-13-9-12-26(31)21(27)2)39(37,38)25-10-7-6-8-11-25/h6-17,22H,4-5,18-20H2,1-3H3,(H,32,36)/t22-/m1/s1. The number of amides is 2. The highest BCUT2D eigenvalue weighted by Gasteiger charge is 2.33. The molecule has 1 N–H and O–H groups in total. The second-order valence-corrected chi connectivity index (χ2v) is 12.4. The summed E-state index contributed by atoms with van der Waals surface area (Å²) in [6, 6.07) is 19.4. The number of nitrogens with one attached hydrogen (secondary N) is 1. The number of benzene rings is 3. The summed E-state index contributed by atoms with van der Waals surface area (Å²) in [7, 11) is -4.14. The van der Waals surface area contributed by atoms with Crippen LogP contribution >= 0.6 is 27.5 Å². The Kier molecular flexibility index (Phi) is 11.0. The quantitative estimate of drug-likeness (QED) is 0.250. The van der Waals surface area contributed by atoms with Crippen LogP contribution < -0.4 is 9.62 Å². The van der Waals surface area contributed by atoms with E-state index >= 15 is 0 Å². The van der Waals surface area contributed by atoms with Crippen molar-refractivity contribution in [2.75, 3.05) is 17.4 Å². The largest absolute Gasteiger partial charge is 0.354 e. The van der Waals surface area contributed by atoms with Gasteiger partial charge in [-0.15, -0.1) is 0 Å². The number of hydrogen-bond donors (Lipinski definition) is 1. The van der Waals surface area contributed by atoms with Crippen LogP contribution in [0, 0.1) is 6.92 Å². The van der Waals surface area contributed by atoms with Crippen LogP contribution in [0.3, 0.4) is 0 Å². The first-order chi connectivity index (χ1) is 18.6. The molecule has 3 aromatic carbocycles. The van der Waals surface area contributed by atoms with Gasteiger partial charge in [-0.25, -0.2) is 8.42 Å². The van der Waals surface area contributed by atoms with E-state index in [1.165, 1.54) is 17.0 Å². The highest BCUT2D eigenvalue weighted by molar-refractivity contribution is 9.10. The summed E-state index contributed by atoms with van der Waals surface area (Å²) in [5.74, 6) is -0.819. The van der Waals surface area contributed by atoms with Crippen LogP contribution in [0.5, 0.6) is 0 Å². The molecule has 0 saturated heterocycles. The van der Waals surface area contributed by atoms with Gasteiger partial charge < -0.3 is 10.2 Å². The molecule has 39 heavy (non-hydrogen) atoms. The molecule has 0 unspecified atom stereocenters. The number of anilines is 1. The van der Waals surface area contributed by atoms with E-state index in [0.717, 1.165) is 27.2 Å². The van der Waals surface area contributed by atoms with Crippen LogP contribution in [0.1, 0.15) is 37.8 Å². The van der Waals surface area contributed by atoms with Crippen molar-refractivity contribution in [3.05, 3.63) is 93.4 Å². The van der Waals surface area contributed by atoms with Gasteiger partial charge in [0.1, 0.15) is 12.6 Å². The summed E-state index contributed by atoms with van der Waals surface area (Å²) in [4.78, 5) is 28.4. The van der Waals surface area contributed by atoms with Gasteiger partial charge in [0, 0.05) is 22.6 Å². The van der Waals surface area contributed by atoms with Gasteiger partial charge in [-0.2, -0.15) is 0 Å². The number of nitrogens with zero attached hydrogens (tertiary/aromatic N) is 2. The van der Waals surface area contributed by atoms with E-state index in [1.807, 2.05) is 31.2 Å². The Hall–Kier alpha value is -2.88. The predicted molar refractivity (Wildman–Crippen MR) is 159 cm³/mol. The lowest BCUT2D eigenvalue weighted by molar-refractivity contribution is -0.139. The summed E-state index contributed by atoms with van der Waals surface area (Å²) in [5.41, 5.74) is 1.62. The van der Waals surface area contributed by atoms with Crippen LogP contribution in [0.25, 0.3) is 0 Å². The molecule has 0 fully saturated rings. The van der Waals surface area contributed by atoms with Gasteiger partial charge >= 0.3 is 0 Å². The molecule has 0 aliphatic heterocycles. The summed E-state index contributed by atoms with van der Waals surface area (Å²) in [5, 5.41) is 3.26. The Morgan fingerprint density at radius 3 is 2.31 bits per heavy atom. The number of sulfonamides is 1. The molecule has 0 aromatic heterocycles. The molecule has 0 bridgehead atoms. The van der Waals surface area contributed by atoms with Crippen molar-refractivity contribution in [3.8, 4) is 0 Å². The van der Waals surface area contributed by atoms with Gasteiger partial charge in [0.15, 0.2) is 0 Å². The zero-order valence-corrected chi connectivity index (χ0v) is 25.4. The van der Waals surface area contributed by atoms with Crippen molar-refractivity contribution in [2.45, 2.75) is 51.1 Å². The van der Waals surface area contributed by atoms with Crippen LogP contribution in [0.2, 0.25) is 5.02 Å². The van der Waals surface area contributed by atoms with Gasteiger partial charge in [-0.05, 0) is 67.8 Å². The first-order valence-electron chi connectivity index (χ1n) is 12.7. The van der Waals surface area contributed by atoms with Crippen LogP contribution in [0.15, 0.2) is 82.2 Å². The average molecular weight is 635 g/mol. The minimum Gasteiger partial charge on any atom is -0.354 e. The lowest BCUT2D eigenvalue weighted by atomic mass is 10.1. The fraction of sp³-hybridized carbons (Fsp3) is 0.310. The molecule has 0 aliphatic carbocycles. The molecule has 2 amide bonds. The van der Waals surface area contributed by atoms with Crippen LogP contribution in [-0.4, -0.2) is 44.3 Å². The number of unbranched alkanes of at least 4 members (excludes halogenated alkanes) is 1. The summed E-state index contributed by atoms with van der Waals surface area (Å²) < 4.78 is 29.7. The van der Waals surface area contributed by atoms with Gasteiger partial charge in [0.25, 0.3) is 10.0 Å². The number of halogens is 2. The van der Waals surface area contributed by atoms with Crippen LogP contribution in [0.4, 0.5) is 5.69 Å². The first kappa shape index (κ1) is 30.7. The summed E-state index contributed by atoms with van der Waals surface area (Å²) in [6.07, 6.45) is 1.73. The first-order valence-corrected chi connectivity index (χ1v) is 15.3. The zero-order valence-electron chi connectivity index (χ0n) is 22.2. The van der Waals surface area contributed by atoms with Gasteiger partial charge in [0.05, 0.1) is 10.6 Å². The topological polar surface area (TPSA) is 86.8 Å². The van der Waals surface area contributed by atoms with Crippen molar-refractivity contribution >= 4 is 55.1 Å². The summed E-state index contributed by atoms with van der Waals surface area (Å²) >= 11 is 9.77. The Morgan fingerprint density at radius 1 is 1.00 bits per heavy atom. The zero-order chi connectivity index (χ0) is 28.6. The molecule has 3 aromatic rings. The van der Waals surface area contributed by atoms with Crippen molar-refractivity contribution in [3.63, 3.8) is 0 Å². The Morgan fingerprint density at radius 2 is 1.67 bits per heavy atom. The smallest absolute Gasteiger partial charge is 0.264 e. The number of hydrogen-bond acceptors (Lipinski definition) is 4. The highest BCUT2D eigenvalue weighted by Crippen LogP contribution is 2.31. The molecule has 208 valence electrons. The predicted octanol–water partition coefficient (Wildman–Crippen LogP) is 5.94. The Bertz CT molecular complexity index is 1390. The Labute approximate surface area is 244 Å². The van der Waals surface area contributed by atoms with Crippen molar-refractivity contribution in [1.29, 1.82) is 0 Å². The van der Waals surface area contributed by atoms with Gasteiger partial charge in [0.2, 0.25) is 11.8 Å². The normalized spacial score (nSPS) is 12.0. The molecule has 0 radical (unpaired) electrons. The second-order valence-electron chi connectivity index (χ2n) is 9.18. The van der Waals surface area contributed by atoms with E-state index < -0.39 is 28.5 Å². The summed E-state index contributed by atoms with van der Waals surface area (Å²) in [6.45, 7) is 5.50. The van der Waals surface area contributed by atoms with E-state index in [9.17, 15) is 18.0 Å². The van der Waals surface area contributed by atoms with Crippen molar-refractivity contribution in [1.82, 2.24) is 10.2 Å². The average Bonchev–Trinajstić information content (AvgIpc) is 2.93. The maximum atomic E-state index is 13.9. The van der Waals surface area contributed by atoms with Crippen LogP contribution in [-0.2, 0) is 26.2 Å². The van der Waals surface area contributed by atoms with Crippen molar-refractivity contribution in [2.24, 2.45) is 0 Å².